The molecule has 19 heavy (non-hydrogen) atoms. The number of hydrogen-bond acceptors (Lipinski definition) is 4. The van der Waals surface area contributed by atoms with Crippen molar-refractivity contribution in [3.63, 3.8) is 0 Å². The van der Waals surface area contributed by atoms with Gasteiger partial charge in [-0.3, -0.25) is 0 Å². The first-order valence-corrected chi connectivity index (χ1v) is 6.78. The Balaban J connectivity index is 1.90. The molecule has 0 radical (unpaired) electrons. The lowest BCUT2D eigenvalue weighted by Gasteiger charge is -2.13. The zero-order chi connectivity index (χ0) is 13.9. The maximum Gasteiger partial charge on any atom is 0.330 e. The van der Waals surface area contributed by atoms with Gasteiger partial charge in [-0.2, -0.15) is 0 Å². The molecule has 0 aliphatic heterocycles. The van der Waals surface area contributed by atoms with Crippen molar-refractivity contribution in [2.45, 2.75) is 38.1 Å². The monoisotopic (exact) mass is 265 g/mol. The maximum absolute atomic E-state index is 10.8. The van der Waals surface area contributed by atoms with Crippen LogP contribution in [0.3, 0.4) is 0 Å². The summed E-state index contributed by atoms with van der Waals surface area (Å²) >= 11 is 0. The third-order valence-corrected chi connectivity index (χ3v) is 2.82. The molecule has 0 fully saturated rings. The molecule has 0 heterocycles. The molecule has 1 aliphatic rings. The second kappa shape index (κ2) is 9.39. The van der Waals surface area contributed by atoms with Crippen molar-refractivity contribution in [3.8, 4) is 0 Å². The number of allylic oxidation sites excluding steroid dienone is 1. The molecule has 4 nitrogen and oxygen atoms in total. The van der Waals surface area contributed by atoms with Gasteiger partial charge in [0.05, 0.1) is 13.2 Å². The van der Waals surface area contributed by atoms with Gasteiger partial charge in [0.25, 0.3) is 0 Å². The van der Waals surface area contributed by atoms with Gasteiger partial charge in [-0.25, -0.2) is 4.79 Å². The molecule has 0 aromatic rings. The number of ether oxygens (including phenoxy) is 2. The van der Waals surface area contributed by atoms with E-state index in [1.54, 1.807) is 0 Å². The fourth-order valence-electron chi connectivity index (χ4n) is 1.70. The van der Waals surface area contributed by atoms with Gasteiger partial charge in [0.2, 0.25) is 0 Å². The predicted molar refractivity (Wildman–Crippen MR) is 75.4 cm³/mol. The Morgan fingerprint density at radius 2 is 2.11 bits per heavy atom. The molecule has 0 spiro atoms. The predicted octanol–water partition coefficient (Wildman–Crippen LogP) is 2.46. The highest BCUT2D eigenvalue weighted by molar-refractivity contribution is 5.81. The van der Waals surface area contributed by atoms with Crippen LogP contribution in [0.25, 0.3) is 0 Å². The van der Waals surface area contributed by atoms with E-state index in [4.69, 9.17) is 15.2 Å². The molecule has 1 rings (SSSR count). The Kier molecular flexibility index (Phi) is 7.66. The van der Waals surface area contributed by atoms with Crippen LogP contribution in [-0.2, 0) is 14.3 Å². The molecule has 4 heteroatoms. The minimum Gasteiger partial charge on any atom is -0.494 e. The second-order valence-electron chi connectivity index (χ2n) is 4.50. The molecule has 106 valence electrons. The number of esters is 1. The highest BCUT2D eigenvalue weighted by Gasteiger charge is 2.03. The van der Waals surface area contributed by atoms with Crippen LogP contribution in [0.4, 0.5) is 0 Å². The van der Waals surface area contributed by atoms with Crippen molar-refractivity contribution in [3.05, 3.63) is 36.6 Å². The van der Waals surface area contributed by atoms with E-state index in [0.29, 0.717) is 6.61 Å². The van der Waals surface area contributed by atoms with Gasteiger partial charge in [-0.15, -0.1) is 0 Å². The van der Waals surface area contributed by atoms with E-state index in [-0.39, 0.29) is 12.0 Å². The smallest absolute Gasteiger partial charge is 0.330 e. The summed E-state index contributed by atoms with van der Waals surface area (Å²) in [6, 6.07) is 0.130. The minimum atomic E-state index is -0.349. The van der Waals surface area contributed by atoms with E-state index in [1.165, 1.54) is 6.08 Å². The third-order valence-electron chi connectivity index (χ3n) is 2.82. The maximum atomic E-state index is 10.8. The van der Waals surface area contributed by atoms with Crippen molar-refractivity contribution < 1.29 is 14.3 Å². The van der Waals surface area contributed by atoms with E-state index in [0.717, 1.165) is 44.5 Å². The van der Waals surface area contributed by atoms with E-state index in [1.807, 2.05) is 18.2 Å². The molecule has 1 aliphatic carbocycles. The SMILES string of the molecule is C=CC(=O)OCCCCCCOC1=CCC(N)C=C1. The average molecular weight is 265 g/mol. The van der Waals surface area contributed by atoms with Crippen molar-refractivity contribution in [1.82, 2.24) is 0 Å². The van der Waals surface area contributed by atoms with Crippen molar-refractivity contribution in [2.75, 3.05) is 13.2 Å². The van der Waals surface area contributed by atoms with Crippen molar-refractivity contribution in [2.24, 2.45) is 5.73 Å². The van der Waals surface area contributed by atoms with Crippen LogP contribution in [-0.4, -0.2) is 25.2 Å². The van der Waals surface area contributed by atoms with Gasteiger partial charge in [-0.05, 0) is 44.3 Å². The van der Waals surface area contributed by atoms with Gasteiger partial charge >= 0.3 is 5.97 Å². The summed E-state index contributed by atoms with van der Waals surface area (Å²) in [7, 11) is 0. The second-order valence-corrected chi connectivity index (χ2v) is 4.50. The Labute approximate surface area is 115 Å². The first-order valence-electron chi connectivity index (χ1n) is 6.78. The molecule has 1 unspecified atom stereocenters. The lowest BCUT2D eigenvalue weighted by molar-refractivity contribution is -0.137. The molecule has 0 saturated heterocycles. The molecular formula is C15H23NO3. The Morgan fingerprint density at radius 1 is 1.37 bits per heavy atom. The Morgan fingerprint density at radius 3 is 2.74 bits per heavy atom. The van der Waals surface area contributed by atoms with Crippen LogP contribution < -0.4 is 5.73 Å². The van der Waals surface area contributed by atoms with Crippen LogP contribution >= 0.6 is 0 Å². The first-order chi connectivity index (χ1) is 9.22. The van der Waals surface area contributed by atoms with Gasteiger partial charge in [0, 0.05) is 12.1 Å². The Hall–Kier alpha value is -1.55. The number of nitrogens with two attached hydrogens (primary N) is 1. The van der Waals surface area contributed by atoms with Crippen LogP contribution in [0.15, 0.2) is 36.6 Å². The molecule has 0 amide bonds. The van der Waals surface area contributed by atoms with E-state index in [9.17, 15) is 4.79 Å². The number of unbranched alkanes of at least 4 members (excludes halogenated alkanes) is 3. The van der Waals surface area contributed by atoms with Gasteiger partial charge in [-0.1, -0.05) is 12.7 Å². The normalized spacial score (nSPS) is 17.7. The molecule has 0 bridgehead atoms. The van der Waals surface area contributed by atoms with Crippen LogP contribution in [0, 0.1) is 0 Å². The molecule has 0 aromatic heterocycles. The zero-order valence-electron chi connectivity index (χ0n) is 11.3. The summed E-state index contributed by atoms with van der Waals surface area (Å²) < 4.78 is 10.5. The fraction of sp³-hybridized carbons (Fsp3) is 0.533. The molecule has 1 atom stereocenters. The van der Waals surface area contributed by atoms with Crippen LogP contribution in [0.2, 0.25) is 0 Å². The molecule has 0 saturated carbocycles. The summed E-state index contributed by atoms with van der Waals surface area (Å²) in [5.74, 6) is 0.569. The quantitative estimate of drug-likeness (QED) is 0.395. The third kappa shape index (κ3) is 7.47. The summed E-state index contributed by atoms with van der Waals surface area (Å²) in [4.78, 5) is 10.8. The number of carbonyl (C=O) groups is 1. The van der Waals surface area contributed by atoms with Crippen molar-refractivity contribution >= 4 is 5.97 Å². The number of carbonyl (C=O) groups excluding carboxylic acids is 1. The van der Waals surface area contributed by atoms with Crippen LogP contribution in [0.5, 0.6) is 0 Å². The van der Waals surface area contributed by atoms with E-state index in [2.05, 4.69) is 6.58 Å². The fourth-order valence-corrected chi connectivity index (χ4v) is 1.70. The van der Waals surface area contributed by atoms with E-state index >= 15 is 0 Å². The Bertz CT molecular complexity index is 347. The summed E-state index contributed by atoms with van der Waals surface area (Å²) in [6.07, 6.45) is 12.0. The number of rotatable bonds is 9. The van der Waals surface area contributed by atoms with Gasteiger partial charge in [0.1, 0.15) is 5.76 Å². The molecular weight excluding hydrogens is 242 g/mol. The zero-order valence-corrected chi connectivity index (χ0v) is 11.3. The largest absolute Gasteiger partial charge is 0.494 e. The topological polar surface area (TPSA) is 61.5 Å². The average Bonchev–Trinajstić information content (AvgIpc) is 2.43. The van der Waals surface area contributed by atoms with Crippen LogP contribution in [0.1, 0.15) is 32.1 Å². The van der Waals surface area contributed by atoms with E-state index < -0.39 is 0 Å². The van der Waals surface area contributed by atoms with Gasteiger partial charge < -0.3 is 15.2 Å². The van der Waals surface area contributed by atoms with Gasteiger partial charge in [0.15, 0.2) is 0 Å². The minimum absolute atomic E-state index is 0.130. The highest BCUT2D eigenvalue weighted by Crippen LogP contribution is 2.11. The summed E-state index contributed by atoms with van der Waals surface area (Å²) in [6.45, 7) is 4.53. The molecule has 0 aromatic carbocycles. The standard InChI is InChI=1S/C15H23NO3/c1-2-15(17)19-12-6-4-3-5-11-18-14-9-7-13(16)8-10-14/h2,7,9-10,13H,1,3-6,8,11-12,16H2. The van der Waals surface area contributed by atoms with Crippen molar-refractivity contribution in [1.29, 1.82) is 0 Å². The lowest BCUT2D eigenvalue weighted by atomic mass is 10.1. The number of hydrogen-bond donors (Lipinski definition) is 1. The molecule has 2 N–H and O–H groups in total. The first kappa shape index (κ1) is 15.5. The summed E-state index contributed by atoms with van der Waals surface area (Å²) in [5.41, 5.74) is 5.72. The highest BCUT2D eigenvalue weighted by atomic mass is 16.5. The summed E-state index contributed by atoms with van der Waals surface area (Å²) in [5, 5.41) is 0. The lowest BCUT2D eigenvalue weighted by Crippen LogP contribution is -2.17.